The molecular formula is C19H20ClN3O2. The van der Waals surface area contributed by atoms with Gasteiger partial charge in [-0.3, -0.25) is 9.59 Å². The summed E-state index contributed by atoms with van der Waals surface area (Å²) in [6.45, 7) is 3.75. The summed E-state index contributed by atoms with van der Waals surface area (Å²) in [4.78, 5) is 23.7. The molecule has 130 valence electrons. The summed E-state index contributed by atoms with van der Waals surface area (Å²) in [5, 5.41) is 7.14. The number of aryl methyl sites for hydroxylation is 1. The van der Waals surface area contributed by atoms with Crippen LogP contribution in [0.4, 0.5) is 0 Å². The molecule has 2 N–H and O–H groups in total. The number of nitrogens with zero attached hydrogens (tertiary/aromatic N) is 1. The first-order valence-corrected chi connectivity index (χ1v) is 8.33. The predicted octanol–water partition coefficient (Wildman–Crippen LogP) is 3.17. The standard InChI is InChI=1S/C19H20ClN3O2/c1-3-14-4-6-15(7-5-14)13(2)22-23-18(24)12-21-19(25)16-8-10-17(20)11-9-16/h4-11H,3,12H2,1-2H3,(H,21,25)(H,23,24)/b22-13-. The van der Waals surface area contributed by atoms with Gasteiger partial charge in [-0.2, -0.15) is 5.10 Å². The van der Waals surface area contributed by atoms with Gasteiger partial charge < -0.3 is 5.32 Å². The van der Waals surface area contributed by atoms with E-state index in [1.807, 2.05) is 31.2 Å². The average Bonchev–Trinajstić information content (AvgIpc) is 2.64. The van der Waals surface area contributed by atoms with Crippen molar-refractivity contribution in [3.8, 4) is 0 Å². The Hall–Kier alpha value is -2.66. The summed E-state index contributed by atoms with van der Waals surface area (Å²) < 4.78 is 0. The summed E-state index contributed by atoms with van der Waals surface area (Å²) in [5.41, 5.74) is 5.75. The molecule has 2 aromatic carbocycles. The number of nitrogens with one attached hydrogen (secondary N) is 2. The van der Waals surface area contributed by atoms with Gasteiger partial charge in [-0.1, -0.05) is 42.8 Å². The van der Waals surface area contributed by atoms with Crippen molar-refractivity contribution in [2.24, 2.45) is 5.10 Å². The van der Waals surface area contributed by atoms with Crippen molar-refractivity contribution >= 4 is 29.1 Å². The quantitative estimate of drug-likeness (QED) is 0.615. The van der Waals surface area contributed by atoms with E-state index in [1.54, 1.807) is 24.3 Å². The van der Waals surface area contributed by atoms with Crippen LogP contribution in [0.25, 0.3) is 0 Å². The fourth-order valence-corrected chi connectivity index (χ4v) is 2.22. The third-order valence-corrected chi connectivity index (χ3v) is 3.90. The lowest BCUT2D eigenvalue weighted by molar-refractivity contribution is -0.120. The van der Waals surface area contributed by atoms with E-state index in [0.29, 0.717) is 16.3 Å². The highest BCUT2D eigenvalue weighted by Crippen LogP contribution is 2.09. The molecule has 0 radical (unpaired) electrons. The van der Waals surface area contributed by atoms with Crippen LogP contribution in [0.2, 0.25) is 5.02 Å². The molecule has 6 heteroatoms. The van der Waals surface area contributed by atoms with Crippen LogP contribution in [0.1, 0.15) is 35.3 Å². The summed E-state index contributed by atoms with van der Waals surface area (Å²) in [5.74, 6) is -0.741. The van der Waals surface area contributed by atoms with Crippen LogP contribution >= 0.6 is 11.6 Å². The number of carbonyl (C=O) groups is 2. The van der Waals surface area contributed by atoms with E-state index in [1.165, 1.54) is 5.56 Å². The van der Waals surface area contributed by atoms with Gasteiger partial charge in [0.05, 0.1) is 12.3 Å². The minimum atomic E-state index is -0.396. The molecule has 0 bridgehead atoms. The Bertz CT molecular complexity index is 768. The maximum Gasteiger partial charge on any atom is 0.259 e. The molecule has 0 atom stereocenters. The van der Waals surface area contributed by atoms with Gasteiger partial charge >= 0.3 is 0 Å². The van der Waals surface area contributed by atoms with Crippen molar-refractivity contribution in [2.45, 2.75) is 20.3 Å². The molecule has 0 aliphatic heterocycles. The largest absolute Gasteiger partial charge is 0.343 e. The Morgan fingerprint density at radius 2 is 1.60 bits per heavy atom. The molecule has 0 spiro atoms. The Morgan fingerprint density at radius 1 is 1.00 bits per heavy atom. The number of hydrogen-bond acceptors (Lipinski definition) is 3. The average molecular weight is 358 g/mol. The normalized spacial score (nSPS) is 11.1. The lowest BCUT2D eigenvalue weighted by Gasteiger charge is -2.06. The Labute approximate surface area is 152 Å². The van der Waals surface area contributed by atoms with Crippen LogP contribution in [-0.4, -0.2) is 24.1 Å². The van der Waals surface area contributed by atoms with Gasteiger partial charge in [-0.05, 0) is 48.7 Å². The summed E-state index contributed by atoms with van der Waals surface area (Å²) in [6.07, 6.45) is 0.973. The number of benzene rings is 2. The highest BCUT2D eigenvalue weighted by Gasteiger charge is 2.07. The molecule has 0 saturated carbocycles. The molecule has 0 saturated heterocycles. The highest BCUT2D eigenvalue weighted by atomic mass is 35.5. The second kappa shape index (κ2) is 8.99. The van der Waals surface area contributed by atoms with Crippen molar-refractivity contribution in [1.29, 1.82) is 0 Å². The highest BCUT2D eigenvalue weighted by molar-refractivity contribution is 6.30. The SMILES string of the molecule is CCc1ccc(/C(C)=N\NC(=O)CNC(=O)c2ccc(Cl)cc2)cc1. The summed E-state index contributed by atoms with van der Waals surface area (Å²) >= 11 is 5.77. The fourth-order valence-electron chi connectivity index (χ4n) is 2.10. The van der Waals surface area contributed by atoms with Gasteiger partial charge in [0.1, 0.15) is 0 Å². The second-order valence-electron chi connectivity index (χ2n) is 5.47. The maximum atomic E-state index is 11.9. The lowest BCUT2D eigenvalue weighted by atomic mass is 10.1. The third-order valence-electron chi connectivity index (χ3n) is 3.64. The first kappa shape index (κ1) is 18.7. The smallest absolute Gasteiger partial charge is 0.259 e. The Morgan fingerprint density at radius 3 is 2.20 bits per heavy atom. The minimum absolute atomic E-state index is 0.160. The van der Waals surface area contributed by atoms with E-state index < -0.39 is 5.91 Å². The van der Waals surface area contributed by atoms with Crippen molar-refractivity contribution in [1.82, 2.24) is 10.7 Å². The van der Waals surface area contributed by atoms with Crippen molar-refractivity contribution in [2.75, 3.05) is 6.54 Å². The van der Waals surface area contributed by atoms with Gasteiger partial charge in [0, 0.05) is 10.6 Å². The molecule has 2 aromatic rings. The topological polar surface area (TPSA) is 70.6 Å². The second-order valence-corrected chi connectivity index (χ2v) is 5.91. The molecule has 25 heavy (non-hydrogen) atoms. The molecule has 0 fully saturated rings. The van der Waals surface area contributed by atoms with E-state index >= 15 is 0 Å². The number of hydrazone groups is 1. The molecule has 0 unspecified atom stereocenters. The third kappa shape index (κ3) is 5.72. The van der Waals surface area contributed by atoms with Crippen LogP contribution in [0.3, 0.4) is 0 Å². The molecule has 0 aromatic heterocycles. The zero-order chi connectivity index (χ0) is 18.2. The molecular weight excluding hydrogens is 338 g/mol. The van der Waals surface area contributed by atoms with Crippen molar-refractivity contribution in [3.63, 3.8) is 0 Å². The van der Waals surface area contributed by atoms with Crippen molar-refractivity contribution in [3.05, 3.63) is 70.2 Å². The van der Waals surface area contributed by atoms with E-state index in [9.17, 15) is 9.59 Å². The number of carbonyl (C=O) groups excluding carboxylic acids is 2. The molecule has 5 nitrogen and oxygen atoms in total. The molecule has 2 amide bonds. The molecule has 0 heterocycles. The van der Waals surface area contributed by atoms with Crippen molar-refractivity contribution < 1.29 is 9.59 Å². The fraction of sp³-hybridized carbons (Fsp3) is 0.211. The van der Waals surface area contributed by atoms with E-state index in [0.717, 1.165) is 12.0 Å². The monoisotopic (exact) mass is 357 g/mol. The number of rotatable bonds is 6. The van der Waals surface area contributed by atoms with Gasteiger partial charge in [-0.15, -0.1) is 0 Å². The Kier molecular flexibility index (Phi) is 6.71. The zero-order valence-electron chi connectivity index (χ0n) is 14.2. The molecule has 2 rings (SSSR count). The van der Waals surface area contributed by atoms with Gasteiger partial charge in [0.25, 0.3) is 11.8 Å². The van der Waals surface area contributed by atoms with Crippen LogP contribution in [0.5, 0.6) is 0 Å². The first-order chi connectivity index (χ1) is 12.0. The number of halogens is 1. The van der Waals surface area contributed by atoms with Crippen LogP contribution < -0.4 is 10.7 Å². The van der Waals surface area contributed by atoms with Gasteiger partial charge in [0.15, 0.2) is 0 Å². The van der Waals surface area contributed by atoms with E-state index in [-0.39, 0.29) is 12.5 Å². The maximum absolute atomic E-state index is 11.9. The minimum Gasteiger partial charge on any atom is -0.343 e. The van der Waals surface area contributed by atoms with Crippen LogP contribution in [0.15, 0.2) is 53.6 Å². The van der Waals surface area contributed by atoms with E-state index in [2.05, 4.69) is 22.8 Å². The lowest BCUT2D eigenvalue weighted by Crippen LogP contribution is -2.35. The van der Waals surface area contributed by atoms with Gasteiger partial charge in [0.2, 0.25) is 0 Å². The van der Waals surface area contributed by atoms with E-state index in [4.69, 9.17) is 11.6 Å². The molecule has 0 aliphatic carbocycles. The predicted molar refractivity (Wildman–Crippen MR) is 100.0 cm³/mol. The summed E-state index contributed by atoms with van der Waals surface area (Å²) in [7, 11) is 0. The summed E-state index contributed by atoms with van der Waals surface area (Å²) in [6, 6.07) is 14.4. The number of amides is 2. The van der Waals surface area contributed by atoms with Crippen LogP contribution in [-0.2, 0) is 11.2 Å². The zero-order valence-corrected chi connectivity index (χ0v) is 14.9. The Balaban J connectivity index is 1.84. The molecule has 0 aliphatic rings. The number of hydrogen-bond donors (Lipinski definition) is 2. The first-order valence-electron chi connectivity index (χ1n) is 7.95. The van der Waals surface area contributed by atoms with Crippen LogP contribution in [0, 0.1) is 0 Å². The van der Waals surface area contributed by atoms with Gasteiger partial charge in [-0.25, -0.2) is 5.43 Å².